The minimum atomic E-state index is -4.34. The van der Waals surface area contributed by atoms with E-state index in [2.05, 4.69) is 20.5 Å². The third kappa shape index (κ3) is 6.25. The van der Waals surface area contributed by atoms with Crippen molar-refractivity contribution in [3.8, 4) is 22.5 Å². The van der Waals surface area contributed by atoms with E-state index in [4.69, 9.17) is 0 Å². The van der Waals surface area contributed by atoms with Crippen molar-refractivity contribution >= 4 is 17.2 Å². The molecule has 0 unspecified atom stereocenters. The minimum Gasteiger partial charge on any atom is -0.394 e. The van der Waals surface area contributed by atoms with Crippen molar-refractivity contribution < 1.29 is 23.1 Å². The first-order chi connectivity index (χ1) is 17.0. The molecule has 7 nitrogen and oxygen atoms in total. The van der Waals surface area contributed by atoms with E-state index >= 15 is 0 Å². The zero-order chi connectivity index (χ0) is 25.9. The van der Waals surface area contributed by atoms with Crippen molar-refractivity contribution in [2.75, 3.05) is 11.9 Å². The van der Waals surface area contributed by atoms with E-state index in [9.17, 15) is 23.1 Å². The van der Waals surface area contributed by atoms with Gasteiger partial charge in [-0.2, -0.15) is 13.2 Å². The fraction of sp³-hybridized carbons (Fsp3) is 0.308. The van der Waals surface area contributed by atoms with Crippen LogP contribution in [0.15, 0.2) is 60.9 Å². The number of benzene rings is 1. The van der Waals surface area contributed by atoms with Crippen molar-refractivity contribution in [1.29, 1.82) is 0 Å². The van der Waals surface area contributed by atoms with Crippen LogP contribution in [0.3, 0.4) is 0 Å². The number of nitrogens with zero attached hydrogens (tertiary/aromatic N) is 4. The number of ketones is 1. The van der Waals surface area contributed by atoms with Gasteiger partial charge in [0.25, 0.3) is 0 Å². The van der Waals surface area contributed by atoms with E-state index < -0.39 is 30.3 Å². The maximum Gasteiger partial charge on any atom is 0.389 e. The van der Waals surface area contributed by atoms with Crippen LogP contribution in [-0.4, -0.2) is 48.8 Å². The molecule has 0 aliphatic heterocycles. The fourth-order valence-electron chi connectivity index (χ4n) is 3.73. The Labute approximate surface area is 206 Å². The van der Waals surface area contributed by atoms with Crippen LogP contribution in [0.25, 0.3) is 28.2 Å². The van der Waals surface area contributed by atoms with Crippen LogP contribution < -0.4 is 5.32 Å². The molecule has 3 heterocycles. The monoisotopic (exact) mass is 497 g/mol. The first kappa shape index (κ1) is 25.3. The van der Waals surface area contributed by atoms with Crippen LogP contribution in [0.2, 0.25) is 0 Å². The highest BCUT2D eigenvalue weighted by atomic mass is 19.4. The SMILES string of the molecule is CC(C)(CO)Nc1ccc(-c2ccn3c(-c4cccc(CC(=O)CCC(F)(F)F)c4)cnc3c2)nn1. The third-order valence-electron chi connectivity index (χ3n) is 5.65. The number of anilines is 1. The van der Waals surface area contributed by atoms with Crippen LogP contribution in [0, 0.1) is 0 Å². The first-order valence-corrected chi connectivity index (χ1v) is 11.4. The van der Waals surface area contributed by atoms with Crippen LogP contribution in [0.5, 0.6) is 0 Å². The largest absolute Gasteiger partial charge is 0.394 e. The molecule has 0 aliphatic rings. The molecule has 2 N–H and O–H groups in total. The molecule has 0 saturated heterocycles. The van der Waals surface area contributed by atoms with Crippen molar-refractivity contribution in [2.45, 2.75) is 44.8 Å². The predicted octanol–water partition coefficient (Wildman–Crippen LogP) is 5.10. The summed E-state index contributed by atoms with van der Waals surface area (Å²) < 4.78 is 39.1. The summed E-state index contributed by atoms with van der Waals surface area (Å²) in [6.45, 7) is 3.66. The quantitative estimate of drug-likeness (QED) is 0.335. The lowest BCUT2D eigenvalue weighted by Gasteiger charge is -2.23. The smallest absolute Gasteiger partial charge is 0.389 e. The van der Waals surface area contributed by atoms with Gasteiger partial charge in [-0.05, 0) is 49.7 Å². The molecule has 0 radical (unpaired) electrons. The second kappa shape index (κ2) is 10.1. The topological polar surface area (TPSA) is 92.4 Å². The van der Waals surface area contributed by atoms with Crippen LogP contribution >= 0.6 is 0 Å². The summed E-state index contributed by atoms with van der Waals surface area (Å²) in [4.78, 5) is 16.5. The van der Waals surface area contributed by atoms with Gasteiger partial charge in [-0.15, -0.1) is 10.2 Å². The lowest BCUT2D eigenvalue weighted by Crippen LogP contribution is -2.35. The van der Waals surface area contributed by atoms with Gasteiger partial charge in [0.05, 0.1) is 36.2 Å². The summed E-state index contributed by atoms with van der Waals surface area (Å²) in [5, 5.41) is 21.0. The van der Waals surface area contributed by atoms with E-state index in [1.54, 1.807) is 30.5 Å². The van der Waals surface area contributed by atoms with Gasteiger partial charge in [-0.1, -0.05) is 18.2 Å². The van der Waals surface area contributed by atoms with Crippen LogP contribution in [-0.2, 0) is 11.2 Å². The highest BCUT2D eigenvalue weighted by molar-refractivity contribution is 5.81. The summed E-state index contributed by atoms with van der Waals surface area (Å²) in [5.41, 5.74) is 3.89. The van der Waals surface area contributed by atoms with Crippen LogP contribution in [0.1, 0.15) is 32.3 Å². The molecular weight excluding hydrogens is 471 g/mol. The predicted molar refractivity (Wildman–Crippen MR) is 130 cm³/mol. The molecular formula is C26H26F3N5O2. The second-order valence-corrected chi connectivity index (χ2v) is 9.29. The number of aliphatic hydroxyl groups excluding tert-OH is 1. The van der Waals surface area contributed by atoms with Gasteiger partial charge in [0.15, 0.2) is 0 Å². The highest BCUT2D eigenvalue weighted by Crippen LogP contribution is 2.26. The zero-order valence-electron chi connectivity index (χ0n) is 19.9. The molecule has 4 rings (SSSR count). The molecule has 0 atom stereocenters. The molecule has 0 amide bonds. The lowest BCUT2D eigenvalue weighted by molar-refractivity contribution is -0.143. The van der Waals surface area contributed by atoms with Crippen molar-refractivity contribution in [3.63, 3.8) is 0 Å². The Morgan fingerprint density at radius 1 is 1.06 bits per heavy atom. The van der Waals surface area contributed by atoms with E-state index in [0.29, 0.717) is 22.7 Å². The Balaban J connectivity index is 1.52. The normalized spacial score (nSPS) is 12.2. The number of pyridine rings is 1. The van der Waals surface area contributed by atoms with E-state index in [1.807, 2.05) is 48.7 Å². The maximum absolute atomic E-state index is 12.4. The number of aliphatic hydroxyl groups is 1. The molecule has 0 aliphatic carbocycles. The summed E-state index contributed by atoms with van der Waals surface area (Å²) >= 11 is 0. The van der Waals surface area contributed by atoms with Gasteiger partial charge >= 0.3 is 6.18 Å². The van der Waals surface area contributed by atoms with Gasteiger partial charge in [0, 0.05) is 30.2 Å². The minimum absolute atomic E-state index is 0.0490. The van der Waals surface area contributed by atoms with Gasteiger partial charge < -0.3 is 10.4 Å². The molecule has 3 aromatic heterocycles. The Hall–Kier alpha value is -3.79. The second-order valence-electron chi connectivity index (χ2n) is 9.29. The van der Waals surface area contributed by atoms with Crippen molar-refractivity contribution in [1.82, 2.24) is 19.6 Å². The molecule has 4 aromatic rings. The Kier molecular flexibility index (Phi) is 7.07. The number of carbonyl (C=O) groups excluding carboxylic acids is 1. The number of Topliss-reactive ketones (excluding diaryl/α,β-unsaturated/α-hetero) is 1. The number of carbonyl (C=O) groups is 1. The van der Waals surface area contributed by atoms with E-state index in [0.717, 1.165) is 16.8 Å². The first-order valence-electron chi connectivity index (χ1n) is 11.4. The van der Waals surface area contributed by atoms with E-state index in [1.165, 1.54) is 0 Å². The van der Waals surface area contributed by atoms with E-state index in [-0.39, 0.29) is 13.0 Å². The number of aromatic nitrogens is 4. The average Bonchev–Trinajstić information content (AvgIpc) is 3.26. The Bertz CT molecular complexity index is 1360. The lowest BCUT2D eigenvalue weighted by atomic mass is 10.0. The maximum atomic E-state index is 12.4. The van der Waals surface area contributed by atoms with Gasteiger partial charge in [-0.25, -0.2) is 4.98 Å². The molecule has 0 spiro atoms. The molecule has 10 heteroatoms. The van der Waals surface area contributed by atoms with Gasteiger partial charge in [-0.3, -0.25) is 9.20 Å². The molecule has 1 aromatic carbocycles. The number of hydrogen-bond donors (Lipinski definition) is 2. The number of hydrogen-bond acceptors (Lipinski definition) is 6. The number of nitrogens with one attached hydrogen (secondary N) is 1. The third-order valence-corrected chi connectivity index (χ3v) is 5.65. The number of halogens is 3. The van der Waals surface area contributed by atoms with Gasteiger partial charge in [0.1, 0.15) is 17.2 Å². The summed E-state index contributed by atoms with van der Waals surface area (Å²) in [6.07, 6.45) is -2.45. The average molecular weight is 498 g/mol. The van der Waals surface area contributed by atoms with Crippen molar-refractivity contribution in [3.05, 3.63) is 66.5 Å². The molecule has 36 heavy (non-hydrogen) atoms. The number of fused-ring (bicyclic) bond motifs is 1. The summed E-state index contributed by atoms with van der Waals surface area (Å²) in [5.74, 6) is 0.105. The molecule has 0 bridgehead atoms. The van der Waals surface area contributed by atoms with Gasteiger partial charge in [0.2, 0.25) is 0 Å². The number of rotatable bonds is 9. The Morgan fingerprint density at radius 2 is 1.86 bits per heavy atom. The van der Waals surface area contributed by atoms with Crippen LogP contribution in [0.4, 0.5) is 19.0 Å². The molecule has 0 saturated carbocycles. The summed E-state index contributed by atoms with van der Waals surface area (Å²) in [7, 11) is 0. The molecule has 0 fully saturated rings. The highest BCUT2D eigenvalue weighted by Gasteiger charge is 2.27. The standard InChI is InChI=1S/C26H26F3N5O2/c1-25(2,16-35)31-23-7-6-21(32-33-23)18-9-11-34-22(15-30-24(34)14-18)19-5-3-4-17(12-19)13-20(36)8-10-26(27,28)29/h3-7,9,11-12,14-15,35H,8,10,13,16H2,1-2H3,(H,31,33). The summed E-state index contributed by atoms with van der Waals surface area (Å²) in [6, 6.07) is 14.6. The zero-order valence-corrected chi connectivity index (χ0v) is 19.9. The Morgan fingerprint density at radius 3 is 2.56 bits per heavy atom. The number of alkyl halides is 3. The van der Waals surface area contributed by atoms with Crippen molar-refractivity contribution in [2.24, 2.45) is 0 Å². The molecule has 188 valence electrons. The fourth-order valence-corrected chi connectivity index (χ4v) is 3.73. The number of imidazole rings is 1.